The number of fused-ring (bicyclic) bond motifs is 1. The summed E-state index contributed by atoms with van der Waals surface area (Å²) >= 11 is 1.63. The fourth-order valence-corrected chi connectivity index (χ4v) is 4.88. The average molecular weight is 456 g/mol. The summed E-state index contributed by atoms with van der Waals surface area (Å²) in [5.41, 5.74) is 9.80. The van der Waals surface area contributed by atoms with Gasteiger partial charge in [-0.1, -0.05) is 25.5 Å². The van der Waals surface area contributed by atoms with E-state index in [4.69, 9.17) is 4.98 Å². The highest BCUT2D eigenvalue weighted by molar-refractivity contribution is 7.16. The van der Waals surface area contributed by atoms with Gasteiger partial charge in [-0.2, -0.15) is 0 Å². The van der Waals surface area contributed by atoms with E-state index in [-0.39, 0.29) is 5.82 Å². The van der Waals surface area contributed by atoms with Crippen LogP contribution < -0.4 is 4.90 Å². The third-order valence-corrected chi connectivity index (χ3v) is 6.91. The predicted molar refractivity (Wildman–Crippen MR) is 137 cm³/mol. The number of rotatable bonds is 6. The van der Waals surface area contributed by atoms with Crippen molar-refractivity contribution in [3.05, 3.63) is 89.5 Å². The molecule has 2 aromatic carbocycles. The molecule has 0 saturated heterocycles. The number of halogens is 1. The average Bonchev–Trinajstić information content (AvgIpc) is 3.32. The summed E-state index contributed by atoms with van der Waals surface area (Å²) in [5.74, 6) is -0.202. The lowest BCUT2D eigenvalue weighted by molar-refractivity contribution is 0.619. The van der Waals surface area contributed by atoms with Gasteiger partial charge in [-0.25, -0.2) is 9.37 Å². The molecule has 0 aliphatic carbocycles. The number of nitrogens with zero attached hydrogens (tertiary/aromatic N) is 3. The lowest BCUT2D eigenvalue weighted by Crippen LogP contribution is -2.19. The molecule has 166 valence electrons. The normalized spacial score (nSPS) is 13.5. The van der Waals surface area contributed by atoms with Crippen LogP contribution in [0.4, 0.5) is 10.1 Å². The first-order valence-corrected chi connectivity index (χ1v) is 12.2. The van der Waals surface area contributed by atoms with Crippen LogP contribution >= 0.6 is 11.3 Å². The van der Waals surface area contributed by atoms with Gasteiger partial charge in [0.25, 0.3) is 0 Å². The van der Waals surface area contributed by atoms with Crippen LogP contribution in [-0.2, 0) is 0 Å². The van der Waals surface area contributed by atoms with Gasteiger partial charge >= 0.3 is 0 Å². The minimum atomic E-state index is -0.202. The van der Waals surface area contributed by atoms with Crippen molar-refractivity contribution in [3.8, 4) is 22.4 Å². The second-order valence-electron chi connectivity index (χ2n) is 8.44. The van der Waals surface area contributed by atoms with Crippen molar-refractivity contribution in [2.45, 2.75) is 33.1 Å². The third-order valence-electron chi connectivity index (χ3n) is 6.12. The Kier molecular flexibility index (Phi) is 6.05. The van der Waals surface area contributed by atoms with Gasteiger partial charge < -0.3 is 4.90 Å². The van der Waals surface area contributed by atoms with E-state index in [2.05, 4.69) is 59.4 Å². The maximum Gasteiger partial charge on any atom is 0.126 e. The summed E-state index contributed by atoms with van der Waals surface area (Å²) in [5, 5.41) is 0. The summed E-state index contributed by atoms with van der Waals surface area (Å²) in [6.45, 7) is 4.84. The number of benzene rings is 2. The van der Waals surface area contributed by atoms with Crippen LogP contribution in [0.2, 0.25) is 0 Å². The van der Waals surface area contributed by atoms with E-state index < -0.39 is 0 Å². The highest BCUT2D eigenvalue weighted by Gasteiger charge is 2.16. The summed E-state index contributed by atoms with van der Waals surface area (Å²) in [7, 11) is 0. The van der Waals surface area contributed by atoms with Gasteiger partial charge in [0.2, 0.25) is 0 Å². The van der Waals surface area contributed by atoms with Crippen molar-refractivity contribution in [2.24, 2.45) is 0 Å². The van der Waals surface area contributed by atoms with Crippen LogP contribution in [0.25, 0.3) is 32.6 Å². The number of unbranched alkanes of at least 4 members (excludes halogenated alkanes) is 1. The van der Waals surface area contributed by atoms with Crippen molar-refractivity contribution < 1.29 is 4.39 Å². The SMILES string of the molecule is CCCCC1=CCN(c2cnc(-c3ccc(F)c(C)c3)c(-c3ccc4ncsc4c3)c2)C=C1. The smallest absolute Gasteiger partial charge is 0.126 e. The van der Waals surface area contributed by atoms with Crippen LogP contribution in [0.3, 0.4) is 0 Å². The Morgan fingerprint density at radius 1 is 1.06 bits per heavy atom. The van der Waals surface area contributed by atoms with Crippen LogP contribution in [-0.4, -0.2) is 16.5 Å². The molecule has 1 aliphatic rings. The summed E-state index contributed by atoms with van der Waals surface area (Å²) in [6, 6.07) is 13.7. The fraction of sp³-hybridized carbons (Fsp3) is 0.214. The second kappa shape index (κ2) is 9.28. The highest BCUT2D eigenvalue weighted by Crippen LogP contribution is 2.36. The van der Waals surface area contributed by atoms with E-state index in [0.29, 0.717) is 5.56 Å². The molecule has 0 fully saturated rings. The van der Waals surface area contributed by atoms with E-state index in [1.54, 1.807) is 18.3 Å². The maximum absolute atomic E-state index is 13.9. The van der Waals surface area contributed by atoms with E-state index in [1.165, 1.54) is 24.5 Å². The minimum Gasteiger partial charge on any atom is -0.343 e. The topological polar surface area (TPSA) is 29.0 Å². The van der Waals surface area contributed by atoms with Gasteiger partial charge in [0, 0.05) is 23.9 Å². The van der Waals surface area contributed by atoms with Gasteiger partial charge in [0.15, 0.2) is 0 Å². The number of pyridine rings is 1. The van der Waals surface area contributed by atoms with E-state index >= 15 is 0 Å². The molecule has 1 aliphatic heterocycles. The lowest BCUT2D eigenvalue weighted by Gasteiger charge is -2.24. The molecule has 0 radical (unpaired) electrons. The number of aryl methyl sites for hydroxylation is 1. The summed E-state index contributed by atoms with van der Waals surface area (Å²) < 4.78 is 15.1. The molecule has 0 bridgehead atoms. The van der Waals surface area contributed by atoms with Crippen molar-refractivity contribution >= 4 is 27.2 Å². The molecule has 0 atom stereocenters. The Morgan fingerprint density at radius 2 is 1.94 bits per heavy atom. The molecule has 3 nitrogen and oxygen atoms in total. The molecule has 0 spiro atoms. The van der Waals surface area contributed by atoms with Crippen molar-refractivity contribution in [1.82, 2.24) is 9.97 Å². The van der Waals surface area contributed by atoms with Crippen molar-refractivity contribution in [2.75, 3.05) is 11.4 Å². The highest BCUT2D eigenvalue weighted by atomic mass is 32.1. The van der Waals surface area contributed by atoms with Gasteiger partial charge in [0.05, 0.1) is 33.3 Å². The molecule has 3 heterocycles. The summed E-state index contributed by atoms with van der Waals surface area (Å²) in [6.07, 6.45) is 12.1. The first-order valence-electron chi connectivity index (χ1n) is 11.4. The standard InChI is InChI=1S/C28H26FN3S/c1-3-4-5-20-10-12-32(13-11-20)23-16-24(21-7-9-26-27(15-21)33-18-31-26)28(30-17-23)22-6-8-25(29)19(2)14-22/h6-12,14-18H,3-5,13H2,1-2H3. The van der Waals surface area contributed by atoms with E-state index in [9.17, 15) is 4.39 Å². The molecule has 0 amide bonds. The Hall–Kier alpha value is -3.31. The minimum absolute atomic E-state index is 0.202. The molecule has 2 aromatic heterocycles. The van der Waals surface area contributed by atoms with Crippen molar-refractivity contribution in [1.29, 1.82) is 0 Å². The van der Waals surface area contributed by atoms with Crippen LogP contribution in [0.5, 0.6) is 0 Å². The monoisotopic (exact) mass is 455 g/mol. The number of hydrogen-bond donors (Lipinski definition) is 0. The summed E-state index contributed by atoms with van der Waals surface area (Å²) in [4.78, 5) is 11.5. The number of anilines is 1. The molecule has 0 N–H and O–H groups in total. The largest absolute Gasteiger partial charge is 0.343 e. The zero-order valence-corrected chi connectivity index (χ0v) is 19.7. The Morgan fingerprint density at radius 3 is 2.73 bits per heavy atom. The van der Waals surface area contributed by atoms with Gasteiger partial charge in [-0.05, 0) is 78.9 Å². The van der Waals surface area contributed by atoms with E-state index in [0.717, 1.165) is 51.3 Å². The first-order chi connectivity index (χ1) is 16.1. The number of thiazole rings is 1. The van der Waals surface area contributed by atoms with Crippen molar-refractivity contribution in [3.63, 3.8) is 0 Å². The molecule has 5 heteroatoms. The second-order valence-corrected chi connectivity index (χ2v) is 9.33. The third kappa shape index (κ3) is 4.46. The molecular formula is C28H26FN3S. The van der Waals surface area contributed by atoms with Gasteiger partial charge in [-0.15, -0.1) is 11.3 Å². The Balaban J connectivity index is 1.57. The van der Waals surface area contributed by atoms with Gasteiger partial charge in [-0.3, -0.25) is 4.98 Å². The number of hydrogen-bond acceptors (Lipinski definition) is 4. The fourth-order valence-electron chi connectivity index (χ4n) is 4.16. The first kappa shape index (κ1) is 21.5. The van der Waals surface area contributed by atoms with Crippen LogP contribution in [0, 0.1) is 12.7 Å². The predicted octanol–water partition coefficient (Wildman–Crippen LogP) is 7.92. The maximum atomic E-state index is 13.9. The molecule has 0 unspecified atom stereocenters. The van der Waals surface area contributed by atoms with Gasteiger partial charge in [0.1, 0.15) is 5.82 Å². The number of aromatic nitrogens is 2. The molecule has 33 heavy (non-hydrogen) atoms. The Bertz CT molecular complexity index is 1370. The molecule has 5 rings (SSSR count). The zero-order valence-electron chi connectivity index (χ0n) is 18.9. The lowest BCUT2D eigenvalue weighted by atomic mass is 9.97. The van der Waals surface area contributed by atoms with Crippen LogP contribution in [0.1, 0.15) is 31.7 Å². The zero-order chi connectivity index (χ0) is 22.8. The molecular weight excluding hydrogens is 429 g/mol. The van der Waals surface area contributed by atoms with E-state index in [1.807, 2.05) is 23.8 Å². The molecule has 0 saturated carbocycles. The number of allylic oxidation sites excluding steroid dienone is 2. The quantitative estimate of drug-likeness (QED) is 0.296. The Labute approximate surface area is 197 Å². The molecule has 4 aromatic rings. The van der Waals surface area contributed by atoms with Crippen LogP contribution in [0.15, 0.2) is 78.1 Å².